The zero-order valence-corrected chi connectivity index (χ0v) is 12.4. The van der Waals surface area contributed by atoms with Crippen LogP contribution in [0.1, 0.15) is 32.3 Å². The van der Waals surface area contributed by atoms with Gasteiger partial charge in [-0.05, 0) is 44.4 Å². The molecule has 3 heteroatoms. The van der Waals surface area contributed by atoms with Crippen molar-refractivity contribution in [3.63, 3.8) is 0 Å². The van der Waals surface area contributed by atoms with E-state index in [1.165, 1.54) is 37.2 Å². The molecule has 2 rings (SSSR count). The van der Waals surface area contributed by atoms with Crippen LogP contribution in [0.2, 0.25) is 0 Å². The summed E-state index contributed by atoms with van der Waals surface area (Å²) in [5.41, 5.74) is 2.70. The standard InChI is InChI=1S/C16H26N2O/c1-16(2,13-19-3)17-12-14-6-8-15(9-7-14)18-10-4-5-11-18/h6-9,17H,4-5,10-13H2,1-3H3. The van der Waals surface area contributed by atoms with Gasteiger partial charge in [0.1, 0.15) is 0 Å². The van der Waals surface area contributed by atoms with E-state index in [-0.39, 0.29) is 5.54 Å². The molecule has 106 valence electrons. The first-order valence-corrected chi connectivity index (χ1v) is 7.19. The van der Waals surface area contributed by atoms with Gasteiger partial charge in [-0.25, -0.2) is 0 Å². The Labute approximate surface area is 116 Å². The molecule has 0 aliphatic carbocycles. The number of hydrogen-bond acceptors (Lipinski definition) is 3. The number of anilines is 1. The Morgan fingerprint density at radius 2 is 1.79 bits per heavy atom. The molecule has 1 fully saturated rings. The van der Waals surface area contributed by atoms with Crippen LogP contribution in [-0.4, -0.2) is 32.3 Å². The maximum absolute atomic E-state index is 5.21. The highest BCUT2D eigenvalue weighted by molar-refractivity contribution is 5.48. The highest BCUT2D eigenvalue weighted by Crippen LogP contribution is 2.20. The number of methoxy groups -OCH3 is 1. The Kier molecular flexibility index (Phi) is 4.83. The predicted octanol–water partition coefficient (Wildman–Crippen LogP) is 2.80. The van der Waals surface area contributed by atoms with Crippen molar-refractivity contribution < 1.29 is 4.74 Å². The Hall–Kier alpha value is -1.06. The van der Waals surface area contributed by atoms with Crippen molar-refractivity contribution in [1.29, 1.82) is 0 Å². The molecule has 1 aromatic carbocycles. The third kappa shape index (κ3) is 4.22. The molecule has 0 amide bonds. The van der Waals surface area contributed by atoms with Crippen molar-refractivity contribution in [2.75, 3.05) is 31.7 Å². The topological polar surface area (TPSA) is 24.5 Å². The van der Waals surface area contributed by atoms with Gasteiger partial charge in [0.2, 0.25) is 0 Å². The summed E-state index contributed by atoms with van der Waals surface area (Å²) in [6, 6.07) is 8.93. The van der Waals surface area contributed by atoms with Crippen LogP contribution in [0.15, 0.2) is 24.3 Å². The maximum atomic E-state index is 5.21. The lowest BCUT2D eigenvalue weighted by Crippen LogP contribution is -2.42. The van der Waals surface area contributed by atoms with Gasteiger partial charge in [0.25, 0.3) is 0 Å². The van der Waals surface area contributed by atoms with E-state index in [2.05, 4.69) is 48.3 Å². The minimum atomic E-state index is 0.0162. The first kappa shape index (κ1) is 14.4. The highest BCUT2D eigenvalue weighted by atomic mass is 16.5. The van der Waals surface area contributed by atoms with Crippen LogP contribution in [0, 0.1) is 0 Å². The zero-order chi connectivity index (χ0) is 13.7. The number of nitrogens with zero attached hydrogens (tertiary/aromatic N) is 1. The van der Waals surface area contributed by atoms with E-state index in [9.17, 15) is 0 Å². The normalized spacial score (nSPS) is 16.1. The van der Waals surface area contributed by atoms with E-state index < -0.39 is 0 Å². The Balaban J connectivity index is 1.88. The second kappa shape index (κ2) is 6.40. The van der Waals surface area contributed by atoms with Gasteiger partial charge in [-0.15, -0.1) is 0 Å². The number of rotatable bonds is 6. The van der Waals surface area contributed by atoms with E-state index in [1.807, 2.05) is 0 Å². The summed E-state index contributed by atoms with van der Waals surface area (Å²) in [5, 5.41) is 3.53. The fraction of sp³-hybridized carbons (Fsp3) is 0.625. The van der Waals surface area contributed by atoms with Crippen LogP contribution < -0.4 is 10.2 Å². The molecule has 0 atom stereocenters. The minimum absolute atomic E-state index is 0.0162. The fourth-order valence-electron chi connectivity index (χ4n) is 2.55. The molecule has 0 spiro atoms. The maximum Gasteiger partial charge on any atom is 0.0639 e. The molecule has 0 bridgehead atoms. The molecule has 1 N–H and O–H groups in total. The summed E-state index contributed by atoms with van der Waals surface area (Å²) in [4.78, 5) is 2.46. The van der Waals surface area contributed by atoms with Crippen LogP contribution >= 0.6 is 0 Å². The van der Waals surface area contributed by atoms with Crippen LogP contribution in [0.25, 0.3) is 0 Å². The number of nitrogens with one attached hydrogen (secondary N) is 1. The third-order valence-corrected chi connectivity index (χ3v) is 3.68. The zero-order valence-electron chi connectivity index (χ0n) is 12.4. The number of hydrogen-bond donors (Lipinski definition) is 1. The van der Waals surface area contributed by atoms with Crippen molar-refractivity contribution in [2.24, 2.45) is 0 Å². The second-order valence-electron chi connectivity index (χ2n) is 6.03. The summed E-state index contributed by atoms with van der Waals surface area (Å²) in [5.74, 6) is 0. The van der Waals surface area contributed by atoms with Gasteiger partial charge in [-0.3, -0.25) is 0 Å². The largest absolute Gasteiger partial charge is 0.383 e. The highest BCUT2D eigenvalue weighted by Gasteiger charge is 2.16. The summed E-state index contributed by atoms with van der Waals surface area (Å²) in [7, 11) is 1.74. The Morgan fingerprint density at radius 3 is 2.37 bits per heavy atom. The van der Waals surface area contributed by atoms with Gasteiger partial charge in [0, 0.05) is 38.0 Å². The van der Waals surface area contributed by atoms with Crippen LogP contribution in [0.3, 0.4) is 0 Å². The summed E-state index contributed by atoms with van der Waals surface area (Å²) in [6.07, 6.45) is 2.66. The molecule has 1 aliphatic heterocycles. The van der Waals surface area contributed by atoms with Crippen LogP contribution in [-0.2, 0) is 11.3 Å². The summed E-state index contributed by atoms with van der Waals surface area (Å²) >= 11 is 0. The summed E-state index contributed by atoms with van der Waals surface area (Å²) < 4.78 is 5.21. The third-order valence-electron chi connectivity index (χ3n) is 3.68. The summed E-state index contributed by atoms with van der Waals surface area (Å²) in [6.45, 7) is 8.34. The number of ether oxygens (including phenoxy) is 1. The van der Waals surface area contributed by atoms with Crippen molar-refractivity contribution in [2.45, 2.75) is 38.8 Å². The predicted molar refractivity (Wildman–Crippen MR) is 80.7 cm³/mol. The first-order chi connectivity index (χ1) is 9.11. The van der Waals surface area contributed by atoms with Gasteiger partial charge < -0.3 is 15.0 Å². The second-order valence-corrected chi connectivity index (χ2v) is 6.03. The minimum Gasteiger partial charge on any atom is -0.383 e. The molecule has 0 radical (unpaired) electrons. The van der Waals surface area contributed by atoms with Crippen molar-refractivity contribution in [1.82, 2.24) is 5.32 Å². The van der Waals surface area contributed by atoms with Crippen LogP contribution in [0.4, 0.5) is 5.69 Å². The molecule has 1 aromatic rings. The lowest BCUT2D eigenvalue weighted by atomic mass is 10.1. The monoisotopic (exact) mass is 262 g/mol. The molecule has 1 saturated heterocycles. The average Bonchev–Trinajstić information content (AvgIpc) is 2.91. The van der Waals surface area contributed by atoms with E-state index in [4.69, 9.17) is 4.74 Å². The smallest absolute Gasteiger partial charge is 0.0639 e. The van der Waals surface area contributed by atoms with Crippen LogP contribution in [0.5, 0.6) is 0 Å². The van der Waals surface area contributed by atoms with Gasteiger partial charge in [0.15, 0.2) is 0 Å². The van der Waals surface area contributed by atoms with Crippen molar-refractivity contribution in [3.05, 3.63) is 29.8 Å². The van der Waals surface area contributed by atoms with Gasteiger partial charge in [-0.2, -0.15) is 0 Å². The van der Waals surface area contributed by atoms with Gasteiger partial charge >= 0.3 is 0 Å². The van der Waals surface area contributed by atoms with E-state index >= 15 is 0 Å². The molecule has 0 saturated carbocycles. The fourth-order valence-corrected chi connectivity index (χ4v) is 2.55. The molecule has 1 aliphatic rings. The molecule has 0 unspecified atom stereocenters. The Morgan fingerprint density at radius 1 is 1.16 bits per heavy atom. The number of benzene rings is 1. The van der Waals surface area contributed by atoms with Gasteiger partial charge in [0.05, 0.1) is 6.61 Å². The Bertz CT molecular complexity index is 380. The molecule has 19 heavy (non-hydrogen) atoms. The van der Waals surface area contributed by atoms with Gasteiger partial charge in [-0.1, -0.05) is 12.1 Å². The molecule has 1 heterocycles. The molecule has 3 nitrogen and oxygen atoms in total. The van der Waals surface area contributed by atoms with Crippen molar-refractivity contribution in [3.8, 4) is 0 Å². The lowest BCUT2D eigenvalue weighted by molar-refractivity contribution is 0.128. The van der Waals surface area contributed by atoms with Crippen molar-refractivity contribution >= 4 is 5.69 Å². The quantitative estimate of drug-likeness (QED) is 0.853. The van der Waals surface area contributed by atoms with E-state index in [0.717, 1.165) is 13.2 Å². The molecular formula is C16H26N2O. The first-order valence-electron chi connectivity index (χ1n) is 7.19. The lowest BCUT2D eigenvalue weighted by Gasteiger charge is -2.25. The average molecular weight is 262 g/mol. The molecular weight excluding hydrogens is 236 g/mol. The SMILES string of the molecule is COCC(C)(C)NCc1ccc(N2CCCC2)cc1. The van der Waals surface area contributed by atoms with E-state index in [1.54, 1.807) is 7.11 Å². The molecule has 0 aromatic heterocycles. The van der Waals surface area contributed by atoms with E-state index in [0.29, 0.717) is 0 Å².